The van der Waals surface area contributed by atoms with Crippen molar-refractivity contribution in [1.29, 1.82) is 0 Å². The van der Waals surface area contributed by atoms with E-state index < -0.39 is 0 Å². The summed E-state index contributed by atoms with van der Waals surface area (Å²) in [6.07, 6.45) is 11.0. The Morgan fingerprint density at radius 3 is 2.21 bits per heavy atom. The van der Waals surface area contributed by atoms with Gasteiger partial charge in [-0.3, -0.25) is 9.69 Å². The molecule has 1 aromatic carbocycles. The van der Waals surface area contributed by atoms with Crippen molar-refractivity contribution in [3.63, 3.8) is 0 Å². The molecule has 0 bridgehead atoms. The minimum atomic E-state index is 0.225. The fourth-order valence-electron chi connectivity index (χ4n) is 4.11. The van der Waals surface area contributed by atoms with Crippen molar-refractivity contribution < 1.29 is 4.79 Å². The molecule has 0 atom stereocenters. The first-order valence-corrected chi connectivity index (χ1v) is 9.88. The Balaban J connectivity index is 1.41. The molecule has 1 N–H and O–H groups in total. The molecule has 132 valence electrons. The van der Waals surface area contributed by atoms with Crippen molar-refractivity contribution in [2.24, 2.45) is 5.92 Å². The summed E-state index contributed by atoms with van der Waals surface area (Å²) in [7, 11) is 0. The van der Waals surface area contributed by atoms with Gasteiger partial charge in [0.2, 0.25) is 5.91 Å². The van der Waals surface area contributed by atoms with E-state index in [9.17, 15) is 4.79 Å². The number of nitrogens with one attached hydrogen (secondary N) is 1. The molecule has 1 amide bonds. The van der Waals surface area contributed by atoms with Crippen LogP contribution in [0.2, 0.25) is 0 Å². The van der Waals surface area contributed by atoms with Crippen molar-refractivity contribution in [2.45, 2.75) is 70.4 Å². The third kappa shape index (κ3) is 5.34. The van der Waals surface area contributed by atoms with Gasteiger partial charge in [-0.05, 0) is 44.3 Å². The summed E-state index contributed by atoms with van der Waals surface area (Å²) < 4.78 is 0. The second-order valence-corrected chi connectivity index (χ2v) is 7.59. The van der Waals surface area contributed by atoms with Crippen LogP contribution in [0.5, 0.6) is 0 Å². The summed E-state index contributed by atoms with van der Waals surface area (Å²) >= 11 is 0. The normalized spacial score (nSPS) is 21.8. The van der Waals surface area contributed by atoms with Gasteiger partial charge in [0.25, 0.3) is 0 Å². The number of hydrogen-bond acceptors (Lipinski definition) is 2. The molecule has 3 heteroatoms. The Morgan fingerprint density at radius 1 is 0.917 bits per heavy atom. The maximum Gasteiger partial charge on any atom is 0.223 e. The zero-order valence-electron chi connectivity index (χ0n) is 14.9. The summed E-state index contributed by atoms with van der Waals surface area (Å²) in [5.41, 5.74) is 1.37. The Labute approximate surface area is 146 Å². The van der Waals surface area contributed by atoms with Crippen molar-refractivity contribution in [1.82, 2.24) is 10.2 Å². The highest BCUT2D eigenvalue weighted by Gasteiger charge is 2.26. The van der Waals surface area contributed by atoms with Crippen LogP contribution in [0.3, 0.4) is 0 Å². The van der Waals surface area contributed by atoms with Crippen LogP contribution in [0.1, 0.15) is 63.4 Å². The molecular formula is C21H32N2O. The van der Waals surface area contributed by atoms with E-state index in [1.54, 1.807) is 0 Å². The molecule has 1 saturated carbocycles. The molecule has 1 aromatic rings. The standard InChI is InChI=1S/C21H32N2O/c24-21(22-20-11-7-2-1-3-8-12-20)19-13-15-23(16-14-19)17-18-9-5-4-6-10-18/h4-6,9-10,19-20H,1-3,7-8,11-17H2,(H,22,24). The van der Waals surface area contributed by atoms with Crippen molar-refractivity contribution >= 4 is 5.91 Å². The molecule has 2 fully saturated rings. The first kappa shape index (κ1) is 17.5. The van der Waals surface area contributed by atoms with Crippen LogP contribution in [-0.2, 0) is 11.3 Å². The number of benzene rings is 1. The molecule has 1 aliphatic heterocycles. The minimum absolute atomic E-state index is 0.225. The van der Waals surface area contributed by atoms with Gasteiger partial charge in [-0.15, -0.1) is 0 Å². The predicted octanol–water partition coefficient (Wildman–Crippen LogP) is 4.13. The van der Waals surface area contributed by atoms with Crippen LogP contribution < -0.4 is 5.32 Å². The molecule has 1 saturated heterocycles. The smallest absolute Gasteiger partial charge is 0.223 e. The Kier molecular flexibility index (Phi) is 6.71. The maximum absolute atomic E-state index is 12.6. The lowest BCUT2D eigenvalue weighted by Crippen LogP contribution is -2.43. The van der Waals surface area contributed by atoms with Crippen molar-refractivity contribution in [3.8, 4) is 0 Å². The average Bonchev–Trinajstić information content (AvgIpc) is 2.59. The van der Waals surface area contributed by atoms with E-state index in [1.807, 2.05) is 0 Å². The Hall–Kier alpha value is -1.35. The molecule has 0 unspecified atom stereocenters. The topological polar surface area (TPSA) is 32.3 Å². The van der Waals surface area contributed by atoms with E-state index in [0.717, 1.165) is 32.5 Å². The first-order chi connectivity index (χ1) is 11.8. The molecule has 0 aromatic heterocycles. The van der Waals surface area contributed by atoms with Crippen LogP contribution in [0.25, 0.3) is 0 Å². The van der Waals surface area contributed by atoms with Gasteiger partial charge in [-0.1, -0.05) is 62.4 Å². The number of rotatable bonds is 4. The molecule has 3 nitrogen and oxygen atoms in total. The lowest BCUT2D eigenvalue weighted by atomic mass is 9.93. The quantitative estimate of drug-likeness (QED) is 0.901. The number of piperidine rings is 1. The monoisotopic (exact) mass is 328 g/mol. The number of carbonyl (C=O) groups is 1. The lowest BCUT2D eigenvalue weighted by molar-refractivity contribution is -0.127. The van der Waals surface area contributed by atoms with E-state index in [0.29, 0.717) is 11.9 Å². The van der Waals surface area contributed by atoms with Crippen LogP contribution >= 0.6 is 0 Å². The van der Waals surface area contributed by atoms with E-state index in [1.165, 1.54) is 50.5 Å². The van der Waals surface area contributed by atoms with Gasteiger partial charge in [0.1, 0.15) is 0 Å². The zero-order chi connectivity index (χ0) is 16.6. The molecule has 0 spiro atoms. The van der Waals surface area contributed by atoms with Crippen LogP contribution in [0.4, 0.5) is 0 Å². The highest BCUT2D eigenvalue weighted by atomic mass is 16.1. The summed E-state index contributed by atoms with van der Waals surface area (Å²) in [5, 5.41) is 3.36. The van der Waals surface area contributed by atoms with Crippen molar-refractivity contribution in [2.75, 3.05) is 13.1 Å². The highest BCUT2D eigenvalue weighted by molar-refractivity contribution is 5.79. The second kappa shape index (κ2) is 9.22. The van der Waals surface area contributed by atoms with Gasteiger partial charge in [0.15, 0.2) is 0 Å². The first-order valence-electron chi connectivity index (χ1n) is 9.88. The molecule has 2 aliphatic rings. The molecular weight excluding hydrogens is 296 g/mol. The van der Waals surface area contributed by atoms with Crippen molar-refractivity contribution in [3.05, 3.63) is 35.9 Å². The molecule has 1 aliphatic carbocycles. The fraction of sp³-hybridized carbons (Fsp3) is 0.667. The average molecular weight is 329 g/mol. The van der Waals surface area contributed by atoms with Crippen LogP contribution in [0.15, 0.2) is 30.3 Å². The minimum Gasteiger partial charge on any atom is -0.353 e. The summed E-state index contributed by atoms with van der Waals surface area (Å²) in [6.45, 7) is 3.09. The van der Waals surface area contributed by atoms with E-state index in [2.05, 4.69) is 40.5 Å². The highest BCUT2D eigenvalue weighted by Crippen LogP contribution is 2.21. The van der Waals surface area contributed by atoms with E-state index in [-0.39, 0.29) is 5.92 Å². The number of carbonyl (C=O) groups excluding carboxylic acids is 1. The Morgan fingerprint density at radius 2 is 1.54 bits per heavy atom. The SMILES string of the molecule is O=C(NC1CCCCCCC1)C1CCN(Cc2ccccc2)CC1. The van der Waals surface area contributed by atoms with Crippen LogP contribution in [0, 0.1) is 5.92 Å². The molecule has 3 rings (SSSR count). The van der Waals surface area contributed by atoms with Gasteiger partial charge in [-0.25, -0.2) is 0 Å². The summed E-state index contributed by atoms with van der Waals surface area (Å²) in [6, 6.07) is 11.1. The fourth-order valence-corrected chi connectivity index (χ4v) is 4.11. The second-order valence-electron chi connectivity index (χ2n) is 7.59. The zero-order valence-corrected chi connectivity index (χ0v) is 14.9. The molecule has 24 heavy (non-hydrogen) atoms. The number of likely N-dealkylation sites (tertiary alicyclic amines) is 1. The number of hydrogen-bond donors (Lipinski definition) is 1. The largest absolute Gasteiger partial charge is 0.353 e. The van der Waals surface area contributed by atoms with E-state index in [4.69, 9.17) is 0 Å². The molecule has 1 heterocycles. The summed E-state index contributed by atoms with van der Waals surface area (Å²) in [5.74, 6) is 0.544. The number of amides is 1. The van der Waals surface area contributed by atoms with Gasteiger partial charge in [-0.2, -0.15) is 0 Å². The lowest BCUT2D eigenvalue weighted by Gasteiger charge is -2.32. The Bertz CT molecular complexity index is 486. The third-order valence-electron chi connectivity index (χ3n) is 5.66. The molecule has 0 radical (unpaired) electrons. The maximum atomic E-state index is 12.6. The van der Waals surface area contributed by atoms with Gasteiger partial charge >= 0.3 is 0 Å². The van der Waals surface area contributed by atoms with Gasteiger partial charge in [0.05, 0.1) is 0 Å². The number of nitrogens with zero attached hydrogens (tertiary/aromatic N) is 1. The van der Waals surface area contributed by atoms with Crippen LogP contribution in [-0.4, -0.2) is 29.9 Å². The predicted molar refractivity (Wildman–Crippen MR) is 98.7 cm³/mol. The summed E-state index contributed by atoms with van der Waals surface area (Å²) in [4.78, 5) is 15.1. The van der Waals surface area contributed by atoms with E-state index >= 15 is 0 Å². The third-order valence-corrected chi connectivity index (χ3v) is 5.66. The van der Waals surface area contributed by atoms with Gasteiger partial charge in [0, 0.05) is 18.5 Å². The van der Waals surface area contributed by atoms with Gasteiger partial charge < -0.3 is 5.32 Å².